The van der Waals surface area contributed by atoms with Gasteiger partial charge in [-0.3, -0.25) is 10.1 Å². The van der Waals surface area contributed by atoms with E-state index in [1.165, 1.54) is 6.20 Å². The van der Waals surface area contributed by atoms with Crippen LogP contribution in [0.25, 0.3) is 0 Å². The van der Waals surface area contributed by atoms with Crippen LogP contribution in [0.3, 0.4) is 0 Å². The normalized spacial score (nSPS) is 10.6. The molecule has 20 heavy (non-hydrogen) atoms. The maximum atomic E-state index is 10.9. The second-order valence-corrected chi connectivity index (χ2v) is 4.66. The number of nitrogens with one attached hydrogen (secondary N) is 2. The summed E-state index contributed by atoms with van der Waals surface area (Å²) >= 11 is 0. The molecule has 0 aliphatic rings. The van der Waals surface area contributed by atoms with E-state index in [1.54, 1.807) is 7.05 Å². The average Bonchev–Trinajstić information content (AvgIpc) is 2.41. The smallest absolute Gasteiger partial charge is 0.329 e. The van der Waals surface area contributed by atoms with E-state index in [1.807, 2.05) is 0 Å². The highest BCUT2D eigenvalue weighted by atomic mass is 16.6. The van der Waals surface area contributed by atoms with Gasteiger partial charge in [-0.1, -0.05) is 13.8 Å². The lowest BCUT2D eigenvalue weighted by molar-refractivity contribution is -0.384. The lowest BCUT2D eigenvalue weighted by atomic mass is 10.1. The van der Waals surface area contributed by atoms with Gasteiger partial charge >= 0.3 is 5.69 Å². The molecular formula is C12H21N5O3. The largest absolute Gasteiger partial charge is 0.380 e. The first-order chi connectivity index (χ1) is 9.54. The minimum absolute atomic E-state index is 0.147. The van der Waals surface area contributed by atoms with Crippen molar-refractivity contribution in [3.8, 4) is 0 Å². The molecule has 0 saturated carbocycles. The summed E-state index contributed by atoms with van der Waals surface area (Å²) in [5, 5.41) is 16.5. The Bertz CT molecular complexity index is 439. The number of aromatic nitrogens is 2. The Labute approximate surface area is 118 Å². The van der Waals surface area contributed by atoms with E-state index in [0.29, 0.717) is 31.6 Å². The molecule has 0 aromatic carbocycles. The van der Waals surface area contributed by atoms with Crippen LogP contribution in [0.2, 0.25) is 0 Å². The van der Waals surface area contributed by atoms with E-state index in [-0.39, 0.29) is 11.5 Å². The topological polar surface area (TPSA) is 102 Å². The Balaban J connectivity index is 2.47. The zero-order valence-corrected chi connectivity index (χ0v) is 12.0. The first-order valence-corrected chi connectivity index (χ1v) is 6.55. The molecule has 0 unspecified atom stereocenters. The van der Waals surface area contributed by atoms with Gasteiger partial charge in [0.1, 0.15) is 6.20 Å². The van der Waals surface area contributed by atoms with Gasteiger partial charge < -0.3 is 15.4 Å². The minimum atomic E-state index is -0.513. The van der Waals surface area contributed by atoms with Gasteiger partial charge in [0, 0.05) is 20.2 Å². The van der Waals surface area contributed by atoms with E-state index in [4.69, 9.17) is 4.74 Å². The average molecular weight is 283 g/mol. The van der Waals surface area contributed by atoms with Crippen LogP contribution in [-0.2, 0) is 4.74 Å². The number of nitrogens with zero attached hydrogens (tertiary/aromatic N) is 3. The predicted octanol–water partition coefficient (Wildman–Crippen LogP) is 1.90. The summed E-state index contributed by atoms with van der Waals surface area (Å²) in [6, 6.07) is 0. The number of nitro groups is 1. The third-order valence-corrected chi connectivity index (χ3v) is 2.57. The van der Waals surface area contributed by atoms with E-state index in [9.17, 15) is 10.1 Å². The number of ether oxygens (including phenoxy) is 1. The molecule has 112 valence electrons. The molecule has 1 aromatic rings. The van der Waals surface area contributed by atoms with Crippen molar-refractivity contribution in [1.82, 2.24) is 9.97 Å². The zero-order chi connectivity index (χ0) is 15.0. The Hall–Kier alpha value is -1.96. The summed E-state index contributed by atoms with van der Waals surface area (Å²) in [7, 11) is 1.65. The van der Waals surface area contributed by atoms with Gasteiger partial charge in [0.05, 0.1) is 11.5 Å². The lowest BCUT2D eigenvalue weighted by Crippen LogP contribution is -2.13. The molecule has 8 nitrogen and oxygen atoms in total. The quantitative estimate of drug-likeness (QED) is 0.405. The summed E-state index contributed by atoms with van der Waals surface area (Å²) in [6.45, 7) is 5.88. The third-order valence-electron chi connectivity index (χ3n) is 2.57. The Morgan fingerprint density at radius 2 is 2.20 bits per heavy atom. The molecule has 0 amide bonds. The maximum absolute atomic E-state index is 10.9. The van der Waals surface area contributed by atoms with Gasteiger partial charge in [0.2, 0.25) is 11.8 Å². The Kier molecular flexibility index (Phi) is 6.65. The van der Waals surface area contributed by atoms with Crippen LogP contribution < -0.4 is 10.6 Å². The highest BCUT2D eigenvalue weighted by Gasteiger charge is 2.16. The van der Waals surface area contributed by atoms with E-state index >= 15 is 0 Å². The first-order valence-electron chi connectivity index (χ1n) is 6.55. The molecule has 0 fully saturated rings. The van der Waals surface area contributed by atoms with Crippen molar-refractivity contribution in [2.45, 2.75) is 20.3 Å². The van der Waals surface area contributed by atoms with E-state index in [0.717, 1.165) is 6.42 Å². The van der Waals surface area contributed by atoms with Crippen LogP contribution in [0.4, 0.5) is 17.5 Å². The fraction of sp³-hybridized carbons (Fsp3) is 0.667. The molecule has 0 saturated heterocycles. The van der Waals surface area contributed by atoms with Gasteiger partial charge in [-0.2, -0.15) is 4.98 Å². The molecule has 1 heterocycles. The summed E-state index contributed by atoms with van der Waals surface area (Å²) in [5.41, 5.74) is -0.147. The number of rotatable bonds is 9. The van der Waals surface area contributed by atoms with Gasteiger partial charge in [-0.15, -0.1) is 0 Å². The summed E-state index contributed by atoms with van der Waals surface area (Å²) in [6.07, 6.45) is 2.18. The number of hydrogen-bond donors (Lipinski definition) is 2. The van der Waals surface area contributed by atoms with Crippen molar-refractivity contribution >= 4 is 17.5 Å². The van der Waals surface area contributed by atoms with Gasteiger partial charge in [-0.05, 0) is 12.3 Å². The van der Waals surface area contributed by atoms with Crippen molar-refractivity contribution in [3.05, 3.63) is 16.3 Å². The van der Waals surface area contributed by atoms with Gasteiger partial charge in [0.15, 0.2) is 0 Å². The Morgan fingerprint density at radius 3 is 2.80 bits per heavy atom. The summed E-state index contributed by atoms with van der Waals surface area (Å²) < 4.78 is 5.43. The molecule has 1 aromatic heterocycles. The van der Waals surface area contributed by atoms with Crippen LogP contribution >= 0.6 is 0 Å². The number of hydrogen-bond acceptors (Lipinski definition) is 7. The van der Waals surface area contributed by atoms with Crippen LogP contribution in [0.15, 0.2) is 6.20 Å². The molecule has 8 heteroatoms. The molecule has 0 bridgehead atoms. The van der Waals surface area contributed by atoms with Crippen molar-refractivity contribution in [3.63, 3.8) is 0 Å². The molecular weight excluding hydrogens is 262 g/mol. The molecule has 0 atom stereocenters. The molecule has 0 aliphatic heterocycles. The van der Waals surface area contributed by atoms with Crippen molar-refractivity contribution in [1.29, 1.82) is 0 Å². The van der Waals surface area contributed by atoms with Crippen LogP contribution in [0.1, 0.15) is 20.3 Å². The second-order valence-electron chi connectivity index (χ2n) is 4.66. The van der Waals surface area contributed by atoms with Crippen LogP contribution in [0.5, 0.6) is 0 Å². The predicted molar refractivity (Wildman–Crippen MR) is 77.0 cm³/mol. The molecule has 0 aliphatic carbocycles. The third kappa shape index (κ3) is 5.35. The maximum Gasteiger partial charge on any atom is 0.329 e. The summed E-state index contributed by atoms with van der Waals surface area (Å²) in [5.74, 6) is 1.13. The fourth-order valence-corrected chi connectivity index (χ4v) is 1.42. The fourth-order valence-electron chi connectivity index (χ4n) is 1.42. The molecule has 2 N–H and O–H groups in total. The monoisotopic (exact) mass is 283 g/mol. The van der Waals surface area contributed by atoms with Gasteiger partial charge in [0.25, 0.3) is 0 Å². The highest BCUT2D eigenvalue weighted by Crippen LogP contribution is 2.21. The zero-order valence-electron chi connectivity index (χ0n) is 12.0. The first kappa shape index (κ1) is 16.1. The molecule has 0 radical (unpaired) electrons. The molecule has 0 spiro atoms. The van der Waals surface area contributed by atoms with Gasteiger partial charge in [-0.25, -0.2) is 4.98 Å². The highest BCUT2D eigenvalue weighted by molar-refractivity contribution is 5.56. The van der Waals surface area contributed by atoms with Crippen LogP contribution in [0, 0.1) is 16.0 Å². The van der Waals surface area contributed by atoms with E-state index < -0.39 is 4.92 Å². The number of anilines is 2. The van der Waals surface area contributed by atoms with E-state index in [2.05, 4.69) is 34.4 Å². The van der Waals surface area contributed by atoms with Crippen molar-refractivity contribution in [2.24, 2.45) is 5.92 Å². The van der Waals surface area contributed by atoms with Crippen LogP contribution in [-0.4, -0.2) is 41.7 Å². The van der Waals surface area contributed by atoms with Crippen molar-refractivity contribution < 1.29 is 9.66 Å². The van der Waals surface area contributed by atoms with Crippen molar-refractivity contribution in [2.75, 3.05) is 37.4 Å². The minimum Gasteiger partial charge on any atom is -0.380 e. The molecule has 1 rings (SSSR count). The Morgan fingerprint density at radius 1 is 1.45 bits per heavy atom. The standard InChI is InChI=1S/C12H21N5O3/c1-9(2)4-6-20-7-5-14-11-10(17(18)19)8-15-12(13-3)16-11/h8-9H,4-7H2,1-3H3,(H2,13,14,15,16). The lowest BCUT2D eigenvalue weighted by Gasteiger charge is -2.09. The second kappa shape index (κ2) is 8.26. The SMILES string of the molecule is CNc1ncc([N+](=O)[O-])c(NCCOCCC(C)C)n1. The summed E-state index contributed by atoms with van der Waals surface area (Å²) in [4.78, 5) is 18.2.